The average molecular weight is 446 g/mol. The van der Waals surface area contributed by atoms with Gasteiger partial charge in [-0.2, -0.15) is 13.2 Å². The van der Waals surface area contributed by atoms with Gasteiger partial charge in [0, 0.05) is 18.9 Å². The Morgan fingerprint density at radius 2 is 1.94 bits per heavy atom. The van der Waals surface area contributed by atoms with Crippen molar-refractivity contribution >= 4 is 11.6 Å². The molecule has 0 bridgehead atoms. The van der Waals surface area contributed by atoms with Crippen molar-refractivity contribution in [3.05, 3.63) is 65.2 Å². The first-order chi connectivity index (χ1) is 15.3. The van der Waals surface area contributed by atoms with Crippen LogP contribution in [0.25, 0.3) is 0 Å². The topological polar surface area (TPSA) is 51.1 Å². The number of oxime groups is 1. The number of carbonyl (C=O) groups is 1. The molecule has 5 nitrogen and oxygen atoms in total. The van der Waals surface area contributed by atoms with Crippen LogP contribution in [0.2, 0.25) is 0 Å². The number of nitrogens with zero attached hydrogens (tertiary/aromatic N) is 2. The number of hydrogen-bond acceptors (Lipinski definition) is 4. The summed E-state index contributed by atoms with van der Waals surface area (Å²) in [4.78, 5) is 20.2. The van der Waals surface area contributed by atoms with E-state index in [4.69, 9.17) is 9.57 Å². The standard InChI is InChI=1S/C24H25F3N2O3/c1-31-20-10-8-17(9-11-20)22-13-21(32-28-22)15-29(23(30)18-5-3-6-18)14-16-4-2-7-19(12-16)24(25,26)27/h2,4,7-12,18,21H,3,5-6,13-15H2,1H3/t21-/m1/s1. The fourth-order valence-corrected chi connectivity index (χ4v) is 3.94. The van der Waals surface area contributed by atoms with Crippen LogP contribution in [0.3, 0.4) is 0 Å². The molecule has 0 N–H and O–H groups in total. The van der Waals surface area contributed by atoms with Gasteiger partial charge in [-0.1, -0.05) is 23.7 Å². The van der Waals surface area contributed by atoms with E-state index in [1.165, 1.54) is 6.07 Å². The molecule has 1 saturated carbocycles. The van der Waals surface area contributed by atoms with Crippen molar-refractivity contribution < 1.29 is 27.5 Å². The highest BCUT2D eigenvalue weighted by molar-refractivity contribution is 6.01. The van der Waals surface area contributed by atoms with Crippen LogP contribution < -0.4 is 4.74 Å². The summed E-state index contributed by atoms with van der Waals surface area (Å²) < 4.78 is 44.5. The van der Waals surface area contributed by atoms with Gasteiger partial charge in [-0.05, 0) is 60.4 Å². The van der Waals surface area contributed by atoms with E-state index in [0.717, 1.165) is 48.4 Å². The van der Waals surface area contributed by atoms with Gasteiger partial charge in [0.2, 0.25) is 5.91 Å². The molecule has 1 amide bonds. The summed E-state index contributed by atoms with van der Waals surface area (Å²) in [7, 11) is 1.60. The van der Waals surface area contributed by atoms with Gasteiger partial charge in [-0.15, -0.1) is 0 Å². The fourth-order valence-electron chi connectivity index (χ4n) is 3.94. The normalized spacial score (nSPS) is 18.5. The van der Waals surface area contributed by atoms with E-state index >= 15 is 0 Å². The third kappa shape index (κ3) is 5.06. The first kappa shape index (κ1) is 22.2. The summed E-state index contributed by atoms with van der Waals surface area (Å²) in [6.07, 6.45) is -1.62. The van der Waals surface area contributed by atoms with Crippen LogP contribution >= 0.6 is 0 Å². The Balaban J connectivity index is 1.45. The molecule has 1 fully saturated rings. The molecule has 0 spiro atoms. The van der Waals surface area contributed by atoms with E-state index in [0.29, 0.717) is 12.0 Å². The summed E-state index contributed by atoms with van der Waals surface area (Å²) in [6, 6.07) is 12.6. The number of benzene rings is 2. The number of methoxy groups -OCH3 is 1. The van der Waals surface area contributed by atoms with E-state index in [2.05, 4.69) is 5.16 Å². The number of alkyl halides is 3. The third-order valence-corrected chi connectivity index (χ3v) is 5.97. The maximum Gasteiger partial charge on any atom is 0.416 e. The van der Waals surface area contributed by atoms with Crippen molar-refractivity contribution in [1.82, 2.24) is 4.90 Å². The average Bonchev–Trinajstić information content (AvgIpc) is 3.20. The number of carbonyl (C=O) groups excluding carboxylic acids is 1. The van der Waals surface area contributed by atoms with E-state index in [9.17, 15) is 18.0 Å². The van der Waals surface area contributed by atoms with Crippen LogP contribution in [0, 0.1) is 5.92 Å². The maximum atomic E-state index is 13.1. The molecule has 0 unspecified atom stereocenters. The van der Waals surface area contributed by atoms with Crippen LogP contribution in [-0.2, 0) is 22.4 Å². The Hall–Kier alpha value is -3.03. The molecule has 2 aromatic rings. The summed E-state index contributed by atoms with van der Waals surface area (Å²) in [5, 5.41) is 4.18. The quantitative estimate of drug-likeness (QED) is 0.599. The van der Waals surface area contributed by atoms with Crippen molar-refractivity contribution in [2.24, 2.45) is 11.1 Å². The van der Waals surface area contributed by atoms with Crippen molar-refractivity contribution in [2.45, 2.75) is 44.5 Å². The molecule has 2 aliphatic rings. The van der Waals surface area contributed by atoms with E-state index in [1.54, 1.807) is 18.1 Å². The SMILES string of the molecule is COc1ccc(C2=NO[C@@H](CN(Cc3cccc(C(F)(F)F)c3)C(=O)C3CCC3)C2)cc1. The van der Waals surface area contributed by atoms with Crippen LogP contribution in [0.5, 0.6) is 5.75 Å². The zero-order chi connectivity index (χ0) is 22.7. The van der Waals surface area contributed by atoms with Gasteiger partial charge in [0.1, 0.15) is 5.75 Å². The van der Waals surface area contributed by atoms with E-state index in [1.807, 2.05) is 24.3 Å². The summed E-state index contributed by atoms with van der Waals surface area (Å²) in [5.41, 5.74) is 1.41. The van der Waals surface area contributed by atoms with Gasteiger partial charge in [0.05, 0.1) is 24.9 Å². The van der Waals surface area contributed by atoms with Crippen molar-refractivity contribution in [1.29, 1.82) is 0 Å². The molecule has 4 rings (SSSR count). The van der Waals surface area contributed by atoms with Gasteiger partial charge in [0.15, 0.2) is 6.10 Å². The Labute approximate surface area is 184 Å². The number of hydrogen-bond donors (Lipinski definition) is 0. The molecular formula is C24H25F3N2O3. The van der Waals surface area contributed by atoms with Gasteiger partial charge in [-0.3, -0.25) is 4.79 Å². The van der Waals surface area contributed by atoms with Gasteiger partial charge < -0.3 is 14.5 Å². The van der Waals surface area contributed by atoms with E-state index in [-0.39, 0.29) is 31.0 Å². The molecule has 0 saturated heterocycles. The second-order valence-corrected chi connectivity index (χ2v) is 8.24. The highest BCUT2D eigenvalue weighted by Gasteiger charge is 2.34. The van der Waals surface area contributed by atoms with Gasteiger partial charge >= 0.3 is 6.18 Å². The highest BCUT2D eigenvalue weighted by Crippen LogP contribution is 2.32. The predicted octanol–water partition coefficient (Wildman–Crippen LogP) is 5.04. The Morgan fingerprint density at radius 1 is 1.19 bits per heavy atom. The molecule has 1 atom stereocenters. The molecular weight excluding hydrogens is 421 g/mol. The zero-order valence-corrected chi connectivity index (χ0v) is 17.8. The fraction of sp³-hybridized carbons (Fsp3) is 0.417. The Morgan fingerprint density at radius 3 is 2.56 bits per heavy atom. The Bertz CT molecular complexity index is 985. The minimum absolute atomic E-state index is 0.0323. The number of rotatable bonds is 7. The predicted molar refractivity (Wildman–Crippen MR) is 113 cm³/mol. The Kier molecular flexibility index (Phi) is 6.39. The minimum Gasteiger partial charge on any atom is -0.497 e. The number of ether oxygens (including phenoxy) is 1. The van der Waals surface area contributed by atoms with Crippen molar-refractivity contribution in [2.75, 3.05) is 13.7 Å². The number of halogens is 3. The molecule has 1 aliphatic heterocycles. The minimum atomic E-state index is -4.42. The smallest absolute Gasteiger partial charge is 0.416 e. The highest BCUT2D eigenvalue weighted by atomic mass is 19.4. The molecule has 0 aromatic heterocycles. The summed E-state index contributed by atoms with van der Waals surface area (Å²) >= 11 is 0. The lowest BCUT2D eigenvalue weighted by Gasteiger charge is -2.32. The third-order valence-electron chi connectivity index (χ3n) is 5.97. The van der Waals surface area contributed by atoms with Gasteiger partial charge in [-0.25, -0.2) is 0 Å². The van der Waals surface area contributed by atoms with Crippen LogP contribution in [-0.4, -0.2) is 36.3 Å². The molecule has 32 heavy (non-hydrogen) atoms. The second-order valence-electron chi connectivity index (χ2n) is 8.24. The van der Waals surface area contributed by atoms with Crippen molar-refractivity contribution in [3.8, 4) is 5.75 Å². The lowest BCUT2D eigenvalue weighted by Crippen LogP contribution is -2.42. The molecule has 1 heterocycles. The molecule has 2 aromatic carbocycles. The second kappa shape index (κ2) is 9.22. The molecule has 0 radical (unpaired) electrons. The molecule has 170 valence electrons. The van der Waals surface area contributed by atoms with Crippen LogP contribution in [0.4, 0.5) is 13.2 Å². The monoisotopic (exact) mass is 446 g/mol. The molecule has 8 heteroatoms. The van der Waals surface area contributed by atoms with Crippen molar-refractivity contribution in [3.63, 3.8) is 0 Å². The lowest BCUT2D eigenvalue weighted by molar-refractivity contribution is -0.140. The number of amides is 1. The first-order valence-electron chi connectivity index (χ1n) is 10.7. The summed E-state index contributed by atoms with van der Waals surface area (Å²) in [6.45, 7) is 0.381. The summed E-state index contributed by atoms with van der Waals surface area (Å²) in [5.74, 6) is 0.641. The lowest BCUT2D eigenvalue weighted by atomic mass is 9.84. The largest absolute Gasteiger partial charge is 0.497 e. The van der Waals surface area contributed by atoms with Crippen LogP contribution in [0.1, 0.15) is 42.4 Å². The zero-order valence-electron chi connectivity index (χ0n) is 17.8. The molecule has 1 aliphatic carbocycles. The maximum absolute atomic E-state index is 13.1. The first-order valence-corrected chi connectivity index (χ1v) is 10.7. The van der Waals surface area contributed by atoms with E-state index < -0.39 is 11.7 Å². The van der Waals surface area contributed by atoms with Crippen LogP contribution in [0.15, 0.2) is 53.7 Å². The van der Waals surface area contributed by atoms with Gasteiger partial charge in [0.25, 0.3) is 0 Å².